The van der Waals surface area contributed by atoms with Crippen LogP contribution in [0.5, 0.6) is 0 Å². The third-order valence-electron chi connectivity index (χ3n) is 2.06. The van der Waals surface area contributed by atoms with E-state index in [0.717, 1.165) is 0 Å². The molecule has 0 saturated heterocycles. The highest BCUT2D eigenvalue weighted by atomic mass is 35.5. The standard InChI is InChI=1S/C10H18ClN5O/c1-5-16(6-10(2,3)17)9-14-7(11)13-8(12-4)15-9/h17H,5-6H2,1-4H3,(H,12,13,14,15). The molecule has 7 heteroatoms. The lowest BCUT2D eigenvalue weighted by Gasteiger charge is -2.28. The molecule has 0 atom stereocenters. The summed E-state index contributed by atoms with van der Waals surface area (Å²) in [5.41, 5.74) is -0.824. The Labute approximate surface area is 106 Å². The first-order valence-corrected chi connectivity index (χ1v) is 5.80. The van der Waals surface area contributed by atoms with Gasteiger partial charge in [0, 0.05) is 20.1 Å². The molecule has 0 spiro atoms. The molecule has 0 amide bonds. The fraction of sp³-hybridized carbons (Fsp3) is 0.700. The van der Waals surface area contributed by atoms with Gasteiger partial charge in [-0.1, -0.05) is 0 Å². The number of hydrogen-bond donors (Lipinski definition) is 2. The Balaban J connectivity index is 2.99. The summed E-state index contributed by atoms with van der Waals surface area (Å²) in [6.07, 6.45) is 0. The second kappa shape index (κ2) is 5.46. The van der Waals surface area contributed by atoms with Crippen LogP contribution in [0, 0.1) is 0 Å². The fourth-order valence-electron chi connectivity index (χ4n) is 1.38. The highest BCUT2D eigenvalue weighted by Crippen LogP contribution is 2.15. The summed E-state index contributed by atoms with van der Waals surface area (Å²) in [4.78, 5) is 14.0. The number of rotatable bonds is 5. The van der Waals surface area contributed by atoms with E-state index in [-0.39, 0.29) is 5.28 Å². The SMILES string of the molecule is CCN(CC(C)(C)O)c1nc(Cl)nc(NC)n1. The molecule has 0 aliphatic rings. The van der Waals surface area contributed by atoms with Crippen LogP contribution in [-0.2, 0) is 0 Å². The fourth-order valence-corrected chi connectivity index (χ4v) is 1.54. The van der Waals surface area contributed by atoms with Crippen molar-refractivity contribution in [3.05, 3.63) is 5.28 Å². The molecule has 0 saturated carbocycles. The van der Waals surface area contributed by atoms with Gasteiger partial charge in [0.25, 0.3) is 0 Å². The maximum Gasteiger partial charge on any atom is 0.231 e. The maximum absolute atomic E-state index is 9.81. The predicted octanol–water partition coefficient (Wildman–Crippen LogP) is 1.16. The smallest absolute Gasteiger partial charge is 0.231 e. The third kappa shape index (κ3) is 4.32. The van der Waals surface area contributed by atoms with Gasteiger partial charge in [-0.3, -0.25) is 0 Å². The second-order valence-electron chi connectivity index (χ2n) is 4.30. The lowest BCUT2D eigenvalue weighted by Crippen LogP contribution is -2.39. The number of hydrogen-bond acceptors (Lipinski definition) is 6. The number of nitrogens with zero attached hydrogens (tertiary/aromatic N) is 4. The third-order valence-corrected chi connectivity index (χ3v) is 2.23. The number of aliphatic hydroxyl groups is 1. The molecule has 1 rings (SSSR count). The molecule has 0 unspecified atom stereocenters. The molecule has 96 valence electrons. The highest BCUT2D eigenvalue weighted by molar-refractivity contribution is 6.28. The van der Waals surface area contributed by atoms with Crippen LogP contribution in [0.15, 0.2) is 0 Å². The number of anilines is 2. The first-order chi connectivity index (χ1) is 7.85. The minimum Gasteiger partial charge on any atom is -0.389 e. The number of aromatic nitrogens is 3. The Morgan fingerprint density at radius 1 is 1.35 bits per heavy atom. The molecule has 0 fully saturated rings. The van der Waals surface area contributed by atoms with Gasteiger partial charge in [-0.2, -0.15) is 15.0 Å². The second-order valence-corrected chi connectivity index (χ2v) is 4.64. The van der Waals surface area contributed by atoms with Crippen molar-refractivity contribution in [1.29, 1.82) is 0 Å². The van der Waals surface area contributed by atoms with Crippen LogP contribution in [0.3, 0.4) is 0 Å². The Hall–Kier alpha value is -1.14. The number of nitrogens with one attached hydrogen (secondary N) is 1. The van der Waals surface area contributed by atoms with E-state index in [1.807, 2.05) is 11.8 Å². The lowest BCUT2D eigenvalue weighted by atomic mass is 10.1. The number of likely N-dealkylation sites (N-methyl/N-ethyl adjacent to an activating group) is 1. The summed E-state index contributed by atoms with van der Waals surface area (Å²) in [5.74, 6) is 0.869. The zero-order chi connectivity index (χ0) is 13.1. The van der Waals surface area contributed by atoms with Gasteiger partial charge in [-0.25, -0.2) is 0 Å². The van der Waals surface area contributed by atoms with E-state index in [1.54, 1.807) is 20.9 Å². The summed E-state index contributed by atoms with van der Waals surface area (Å²) in [6, 6.07) is 0. The first-order valence-electron chi connectivity index (χ1n) is 5.42. The summed E-state index contributed by atoms with van der Waals surface area (Å²) >= 11 is 5.81. The van der Waals surface area contributed by atoms with E-state index in [4.69, 9.17) is 11.6 Å². The predicted molar refractivity (Wildman–Crippen MR) is 68.6 cm³/mol. The maximum atomic E-state index is 9.81. The average molecular weight is 260 g/mol. The van der Waals surface area contributed by atoms with E-state index in [1.165, 1.54) is 0 Å². The Morgan fingerprint density at radius 3 is 2.47 bits per heavy atom. The molecule has 1 heterocycles. The van der Waals surface area contributed by atoms with Crippen molar-refractivity contribution in [3.8, 4) is 0 Å². The van der Waals surface area contributed by atoms with E-state index in [9.17, 15) is 5.11 Å². The molecule has 1 aromatic heterocycles. The minimum absolute atomic E-state index is 0.133. The van der Waals surface area contributed by atoms with Gasteiger partial charge in [0.1, 0.15) is 0 Å². The summed E-state index contributed by atoms with van der Waals surface area (Å²) in [5, 5.41) is 12.8. The van der Waals surface area contributed by atoms with Crippen LogP contribution in [0.1, 0.15) is 20.8 Å². The topological polar surface area (TPSA) is 74.2 Å². The van der Waals surface area contributed by atoms with Crippen LogP contribution in [-0.4, -0.2) is 45.8 Å². The summed E-state index contributed by atoms with van der Waals surface area (Å²) in [6.45, 7) is 6.53. The molecule has 2 N–H and O–H groups in total. The van der Waals surface area contributed by atoms with Crippen molar-refractivity contribution >= 4 is 23.5 Å². The van der Waals surface area contributed by atoms with E-state index in [0.29, 0.717) is 25.0 Å². The minimum atomic E-state index is -0.824. The molecule has 17 heavy (non-hydrogen) atoms. The zero-order valence-corrected chi connectivity index (χ0v) is 11.3. The van der Waals surface area contributed by atoms with Crippen molar-refractivity contribution in [3.63, 3.8) is 0 Å². The average Bonchev–Trinajstić information content (AvgIpc) is 2.23. The monoisotopic (exact) mass is 259 g/mol. The molecular weight excluding hydrogens is 242 g/mol. The van der Waals surface area contributed by atoms with Crippen LogP contribution >= 0.6 is 11.6 Å². The molecule has 0 aliphatic heterocycles. The Morgan fingerprint density at radius 2 is 2.00 bits per heavy atom. The Kier molecular flexibility index (Phi) is 4.47. The van der Waals surface area contributed by atoms with Gasteiger partial charge < -0.3 is 15.3 Å². The van der Waals surface area contributed by atoms with E-state index in [2.05, 4.69) is 20.3 Å². The molecule has 0 aliphatic carbocycles. The lowest BCUT2D eigenvalue weighted by molar-refractivity contribution is 0.0872. The van der Waals surface area contributed by atoms with Crippen molar-refractivity contribution in [1.82, 2.24) is 15.0 Å². The zero-order valence-electron chi connectivity index (χ0n) is 10.5. The summed E-state index contributed by atoms with van der Waals surface area (Å²) < 4.78 is 0. The molecule has 0 radical (unpaired) electrons. The van der Waals surface area contributed by atoms with Crippen LogP contribution in [0.4, 0.5) is 11.9 Å². The van der Waals surface area contributed by atoms with Gasteiger partial charge in [0.05, 0.1) is 5.60 Å². The van der Waals surface area contributed by atoms with Crippen LogP contribution in [0.2, 0.25) is 5.28 Å². The van der Waals surface area contributed by atoms with Gasteiger partial charge in [-0.05, 0) is 32.4 Å². The van der Waals surface area contributed by atoms with Crippen molar-refractivity contribution < 1.29 is 5.11 Å². The summed E-state index contributed by atoms with van der Waals surface area (Å²) in [7, 11) is 1.71. The van der Waals surface area contributed by atoms with Crippen LogP contribution < -0.4 is 10.2 Å². The molecular formula is C10H18ClN5O. The van der Waals surface area contributed by atoms with E-state index < -0.39 is 5.60 Å². The van der Waals surface area contributed by atoms with E-state index >= 15 is 0 Å². The van der Waals surface area contributed by atoms with Gasteiger partial charge >= 0.3 is 0 Å². The van der Waals surface area contributed by atoms with Crippen molar-refractivity contribution in [2.75, 3.05) is 30.4 Å². The van der Waals surface area contributed by atoms with Crippen molar-refractivity contribution in [2.24, 2.45) is 0 Å². The highest BCUT2D eigenvalue weighted by Gasteiger charge is 2.20. The number of halogens is 1. The quantitative estimate of drug-likeness (QED) is 0.827. The van der Waals surface area contributed by atoms with Crippen LogP contribution in [0.25, 0.3) is 0 Å². The largest absolute Gasteiger partial charge is 0.389 e. The normalized spacial score (nSPS) is 11.4. The van der Waals surface area contributed by atoms with Gasteiger partial charge in [-0.15, -0.1) is 0 Å². The molecule has 0 bridgehead atoms. The first kappa shape index (κ1) is 13.9. The van der Waals surface area contributed by atoms with Gasteiger partial charge in [0.2, 0.25) is 17.2 Å². The molecule has 1 aromatic rings. The van der Waals surface area contributed by atoms with Gasteiger partial charge in [0.15, 0.2) is 0 Å². The van der Waals surface area contributed by atoms with Crippen molar-refractivity contribution in [2.45, 2.75) is 26.4 Å². The Bertz CT molecular complexity index is 379. The molecule has 0 aromatic carbocycles. The molecule has 6 nitrogen and oxygen atoms in total.